The first kappa shape index (κ1) is 24.4. The highest BCUT2D eigenvalue weighted by atomic mass is 19.1. The fraction of sp³-hybridized carbons (Fsp3) is 0.407. The van der Waals surface area contributed by atoms with E-state index in [4.69, 9.17) is 9.47 Å². The van der Waals surface area contributed by atoms with Crippen LogP contribution in [0.25, 0.3) is 27.5 Å². The van der Waals surface area contributed by atoms with Crippen LogP contribution in [0.4, 0.5) is 8.78 Å². The zero-order valence-electron chi connectivity index (χ0n) is 20.7. The lowest BCUT2D eigenvalue weighted by atomic mass is 9.81. The Morgan fingerprint density at radius 1 is 1.28 bits per heavy atom. The van der Waals surface area contributed by atoms with Crippen molar-refractivity contribution in [3.8, 4) is 5.69 Å². The molecule has 9 heteroatoms. The Bertz CT molecular complexity index is 1460. The highest BCUT2D eigenvalue weighted by molar-refractivity contribution is 6.00. The number of aromatic nitrogens is 3. The fourth-order valence-electron chi connectivity index (χ4n) is 5.90. The molecule has 0 saturated heterocycles. The molecule has 0 unspecified atom stereocenters. The van der Waals surface area contributed by atoms with Crippen LogP contribution in [-0.4, -0.2) is 52.3 Å². The van der Waals surface area contributed by atoms with Crippen molar-refractivity contribution in [3.63, 3.8) is 0 Å². The summed E-state index contributed by atoms with van der Waals surface area (Å²) in [5.74, 6) is -2.13. The van der Waals surface area contributed by atoms with Gasteiger partial charge in [-0.15, -0.1) is 0 Å². The van der Waals surface area contributed by atoms with E-state index in [1.165, 1.54) is 19.2 Å². The topological polar surface area (TPSA) is 89.4 Å². The van der Waals surface area contributed by atoms with Crippen molar-refractivity contribution < 1.29 is 28.2 Å². The van der Waals surface area contributed by atoms with Crippen LogP contribution in [0, 0.1) is 11.6 Å². The number of benzene rings is 2. The van der Waals surface area contributed by atoms with E-state index in [1.54, 1.807) is 25.4 Å². The summed E-state index contributed by atoms with van der Waals surface area (Å²) in [6, 6.07) is 7.93. The first-order valence-corrected chi connectivity index (χ1v) is 11.9. The van der Waals surface area contributed by atoms with Crippen molar-refractivity contribution in [2.75, 3.05) is 20.8 Å². The molecule has 0 aliphatic heterocycles. The van der Waals surface area contributed by atoms with Crippen LogP contribution in [0.1, 0.15) is 50.3 Å². The zero-order valence-corrected chi connectivity index (χ0v) is 20.7. The van der Waals surface area contributed by atoms with E-state index in [2.05, 4.69) is 10.2 Å². The smallest absolute Gasteiger partial charge is 0.335 e. The highest BCUT2D eigenvalue weighted by Gasteiger charge is 2.49. The molecule has 5 rings (SSSR count). The molecule has 1 aliphatic carbocycles. The monoisotopic (exact) mass is 497 g/mol. The van der Waals surface area contributed by atoms with Crippen molar-refractivity contribution in [3.05, 3.63) is 59.4 Å². The molecular formula is C27H29F2N3O4. The number of aromatic amines is 1. The quantitative estimate of drug-likeness (QED) is 0.355. The summed E-state index contributed by atoms with van der Waals surface area (Å²) < 4.78 is 43.2. The normalized spacial score (nSPS) is 20.6. The van der Waals surface area contributed by atoms with Gasteiger partial charge in [0.1, 0.15) is 11.3 Å². The number of ether oxygens (including phenoxy) is 2. The van der Waals surface area contributed by atoms with Gasteiger partial charge in [-0.2, -0.15) is 5.10 Å². The van der Waals surface area contributed by atoms with Crippen LogP contribution in [0.5, 0.6) is 0 Å². The SMILES string of the molecule is COCC(C)(C)c1c([C@@H]2CC[C@@](OC)(C(=O)O)C2)c2c(F)c3[nH]ncc3cc2n1-c1ccc(F)cc1. The van der Waals surface area contributed by atoms with Crippen LogP contribution < -0.4 is 0 Å². The molecular weight excluding hydrogens is 468 g/mol. The van der Waals surface area contributed by atoms with E-state index in [1.807, 2.05) is 24.5 Å². The van der Waals surface area contributed by atoms with E-state index in [9.17, 15) is 14.3 Å². The van der Waals surface area contributed by atoms with Crippen LogP contribution in [0.2, 0.25) is 0 Å². The second-order valence-electron chi connectivity index (χ2n) is 10.3. The van der Waals surface area contributed by atoms with Gasteiger partial charge in [0, 0.05) is 41.8 Å². The van der Waals surface area contributed by atoms with Gasteiger partial charge in [0.25, 0.3) is 0 Å². The number of carboxylic acids is 1. The number of halogens is 2. The number of aliphatic carboxylic acids is 1. The summed E-state index contributed by atoms with van der Waals surface area (Å²) in [7, 11) is 3.01. The molecule has 0 bridgehead atoms. The molecule has 0 spiro atoms. The molecule has 2 heterocycles. The predicted molar refractivity (Wildman–Crippen MR) is 132 cm³/mol. The molecule has 1 saturated carbocycles. The first-order chi connectivity index (χ1) is 17.1. The van der Waals surface area contributed by atoms with Crippen molar-refractivity contribution >= 4 is 27.8 Å². The van der Waals surface area contributed by atoms with Crippen LogP contribution >= 0.6 is 0 Å². The number of hydrogen-bond donors (Lipinski definition) is 2. The van der Waals surface area contributed by atoms with Crippen molar-refractivity contribution in [2.45, 2.75) is 50.0 Å². The molecule has 0 amide bonds. The second kappa shape index (κ2) is 8.67. The van der Waals surface area contributed by atoms with Gasteiger partial charge in [0.2, 0.25) is 0 Å². The number of methoxy groups -OCH3 is 2. The fourth-order valence-corrected chi connectivity index (χ4v) is 5.90. The summed E-state index contributed by atoms with van der Waals surface area (Å²) in [6.45, 7) is 4.35. The maximum atomic E-state index is 16.3. The number of carboxylic acid groups (broad SMARTS) is 1. The predicted octanol–water partition coefficient (Wildman–Crippen LogP) is 5.45. The van der Waals surface area contributed by atoms with Gasteiger partial charge >= 0.3 is 5.97 Å². The van der Waals surface area contributed by atoms with Crippen molar-refractivity contribution in [1.82, 2.24) is 14.8 Å². The number of fused-ring (bicyclic) bond motifs is 2. The van der Waals surface area contributed by atoms with E-state index >= 15 is 4.39 Å². The lowest BCUT2D eigenvalue weighted by molar-refractivity contribution is -0.161. The Hall–Kier alpha value is -3.30. The second-order valence-corrected chi connectivity index (χ2v) is 10.3. The Labute approximate surface area is 207 Å². The lowest BCUT2D eigenvalue weighted by Gasteiger charge is -2.30. The Kier molecular flexibility index (Phi) is 5.88. The molecule has 2 aromatic carbocycles. The van der Waals surface area contributed by atoms with Crippen molar-refractivity contribution in [1.29, 1.82) is 0 Å². The molecule has 2 atom stereocenters. The van der Waals surface area contributed by atoms with Crippen LogP contribution in [-0.2, 0) is 19.7 Å². The minimum absolute atomic E-state index is 0.206. The molecule has 0 radical (unpaired) electrons. The minimum atomic E-state index is -1.34. The number of H-pyrrole nitrogens is 1. The number of carbonyl (C=O) groups is 1. The van der Waals surface area contributed by atoms with Gasteiger partial charge in [0.15, 0.2) is 11.4 Å². The molecule has 2 N–H and O–H groups in total. The molecule has 190 valence electrons. The summed E-state index contributed by atoms with van der Waals surface area (Å²) in [5.41, 5.74) is 1.14. The number of nitrogens with one attached hydrogen (secondary N) is 1. The van der Waals surface area contributed by atoms with Gasteiger partial charge in [-0.25, -0.2) is 13.6 Å². The molecule has 1 aliphatic rings. The summed E-state index contributed by atoms with van der Waals surface area (Å²) in [4.78, 5) is 12.2. The lowest BCUT2D eigenvalue weighted by Crippen LogP contribution is -2.38. The molecule has 4 aromatic rings. The average Bonchev–Trinajstić information content (AvgIpc) is 3.56. The molecule has 1 fully saturated rings. The summed E-state index contributed by atoms with van der Waals surface area (Å²) in [6.07, 6.45) is 2.59. The van der Waals surface area contributed by atoms with Gasteiger partial charge in [-0.3, -0.25) is 5.10 Å². The molecule has 2 aromatic heterocycles. The third-order valence-corrected chi connectivity index (χ3v) is 7.54. The number of hydrogen-bond acceptors (Lipinski definition) is 4. The standard InChI is InChI=1S/C27H29F2N3O4/c1-26(2,14-35-3)24-20(15-9-10-27(12-15,36-4)25(33)34)21-19(11-16-13-30-31-23(16)22(21)29)32(24)18-7-5-17(28)6-8-18/h5-8,11,13,15H,9-10,12,14H2,1-4H3,(H,30,31)(H,33,34)/t15-,27+/m1/s1. The maximum absolute atomic E-state index is 16.3. The maximum Gasteiger partial charge on any atom is 0.335 e. The molecule has 36 heavy (non-hydrogen) atoms. The number of rotatable bonds is 7. The first-order valence-electron chi connectivity index (χ1n) is 11.9. The Morgan fingerprint density at radius 2 is 2.00 bits per heavy atom. The minimum Gasteiger partial charge on any atom is -0.479 e. The van der Waals surface area contributed by atoms with Gasteiger partial charge in [-0.1, -0.05) is 13.8 Å². The Morgan fingerprint density at radius 3 is 2.61 bits per heavy atom. The van der Waals surface area contributed by atoms with Gasteiger partial charge in [-0.05, 0) is 61.1 Å². The molecule has 7 nitrogen and oxygen atoms in total. The van der Waals surface area contributed by atoms with Gasteiger partial charge in [0.05, 0.1) is 18.3 Å². The summed E-state index contributed by atoms with van der Waals surface area (Å²) in [5, 5.41) is 17.7. The number of nitrogens with zero attached hydrogens (tertiary/aromatic N) is 2. The summed E-state index contributed by atoms with van der Waals surface area (Å²) >= 11 is 0. The van der Waals surface area contributed by atoms with E-state index in [0.29, 0.717) is 41.4 Å². The van der Waals surface area contributed by atoms with Crippen molar-refractivity contribution in [2.24, 2.45) is 0 Å². The van der Waals surface area contributed by atoms with E-state index < -0.39 is 22.8 Å². The highest BCUT2D eigenvalue weighted by Crippen LogP contribution is 2.51. The van der Waals surface area contributed by atoms with Crippen LogP contribution in [0.3, 0.4) is 0 Å². The zero-order chi connectivity index (χ0) is 25.8. The average molecular weight is 498 g/mol. The van der Waals surface area contributed by atoms with E-state index in [0.717, 1.165) is 11.3 Å². The third-order valence-electron chi connectivity index (χ3n) is 7.54. The van der Waals surface area contributed by atoms with Gasteiger partial charge < -0.3 is 19.1 Å². The van der Waals surface area contributed by atoms with Crippen LogP contribution in [0.15, 0.2) is 36.5 Å². The van der Waals surface area contributed by atoms with E-state index in [-0.39, 0.29) is 23.7 Å². The third kappa shape index (κ3) is 3.60. The Balaban J connectivity index is 1.90. The largest absolute Gasteiger partial charge is 0.479 e.